The van der Waals surface area contributed by atoms with Crippen LogP contribution >= 0.6 is 11.8 Å². The van der Waals surface area contributed by atoms with E-state index in [-0.39, 0.29) is 11.5 Å². The molecule has 0 aromatic carbocycles. The van der Waals surface area contributed by atoms with Crippen molar-refractivity contribution in [3.63, 3.8) is 0 Å². The zero-order valence-corrected chi connectivity index (χ0v) is 9.41. The maximum Gasteiger partial charge on any atom is 0.294 e. The Balaban J connectivity index is 3.11. The summed E-state index contributed by atoms with van der Waals surface area (Å²) in [5.74, 6) is 8.41. The van der Waals surface area contributed by atoms with Gasteiger partial charge in [0.2, 0.25) is 5.16 Å². The van der Waals surface area contributed by atoms with Crippen LogP contribution in [0.5, 0.6) is 0 Å². The van der Waals surface area contributed by atoms with Crippen molar-refractivity contribution in [3.8, 4) is 12.3 Å². The second kappa shape index (κ2) is 4.84. The molecule has 0 fully saturated rings. The highest BCUT2D eigenvalue weighted by Crippen LogP contribution is 2.11. The molecule has 0 unspecified atom stereocenters. The summed E-state index contributed by atoms with van der Waals surface area (Å²) in [6.07, 6.45) is 5.10. The van der Waals surface area contributed by atoms with Crippen LogP contribution in [0.15, 0.2) is 9.95 Å². The number of hydrogen-bond donors (Lipinski definition) is 1. The summed E-state index contributed by atoms with van der Waals surface area (Å²) < 4.78 is 0.990. The van der Waals surface area contributed by atoms with E-state index in [9.17, 15) is 4.79 Å². The third-order valence-electron chi connectivity index (χ3n) is 1.72. The van der Waals surface area contributed by atoms with Gasteiger partial charge < -0.3 is 5.84 Å². The highest BCUT2D eigenvalue weighted by atomic mass is 32.2. The predicted octanol–water partition coefficient (Wildman–Crippen LogP) is 0.201. The molecule has 0 saturated carbocycles. The van der Waals surface area contributed by atoms with Gasteiger partial charge in [-0.05, 0) is 0 Å². The van der Waals surface area contributed by atoms with Gasteiger partial charge in [0.25, 0.3) is 5.56 Å². The monoisotopic (exact) mass is 224 g/mol. The van der Waals surface area contributed by atoms with Crippen LogP contribution in [0.4, 0.5) is 0 Å². The van der Waals surface area contributed by atoms with E-state index in [1.54, 1.807) is 0 Å². The predicted molar refractivity (Wildman–Crippen MR) is 60.1 cm³/mol. The van der Waals surface area contributed by atoms with Crippen molar-refractivity contribution in [2.75, 3.05) is 11.6 Å². The Morgan fingerprint density at radius 1 is 1.60 bits per heavy atom. The summed E-state index contributed by atoms with van der Waals surface area (Å²) in [6.45, 7) is 3.72. The van der Waals surface area contributed by atoms with Crippen molar-refractivity contribution >= 4 is 11.8 Å². The van der Waals surface area contributed by atoms with Crippen LogP contribution in [0, 0.1) is 12.3 Å². The fraction of sp³-hybridized carbons (Fsp3) is 0.444. The fourth-order valence-corrected chi connectivity index (χ4v) is 1.50. The topological polar surface area (TPSA) is 73.8 Å². The molecule has 0 radical (unpaired) electrons. The van der Waals surface area contributed by atoms with Gasteiger partial charge in [-0.1, -0.05) is 31.5 Å². The Hall–Kier alpha value is -1.48. The van der Waals surface area contributed by atoms with Crippen LogP contribution in [0.1, 0.15) is 25.5 Å². The summed E-state index contributed by atoms with van der Waals surface area (Å²) >= 11 is 1.21. The first-order valence-electron chi connectivity index (χ1n) is 4.39. The number of nitrogen functional groups attached to an aromatic ring is 1. The Morgan fingerprint density at radius 2 is 2.27 bits per heavy atom. The van der Waals surface area contributed by atoms with E-state index in [4.69, 9.17) is 12.3 Å². The molecule has 6 heteroatoms. The first-order chi connectivity index (χ1) is 7.07. The van der Waals surface area contributed by atoms with Crippen LogP contribution in [0.3, 0.4) is 0 Å². The van der Waals surface area contributed by atoms with Gasteiger partial charge in [0.1, 0.15) is 5.69 Å². The van der Waals surface area contributed by atoms with E-state index in [1.807, 2.05) is 13.8 Å². The van der Waals surface area contributed by atoms with Gasteiger partial charge >= 0.3 is 0 Å². The van der Waals surface area contributed by atoms with Gasteiger partial charge in [-0.15, -0.1) is 16.6 Å². The van der Waals surface area contributed by atoms with Gasteiger partial charge in [-0.25, -0.2) is 0 Å². The molecule has 1 heterocycles. The Bertz CT molecular complexity index is 446. The third kappa shape index (κ3) is 2.50. The quantitative estimate of drug-likeness (QED) is 0.451. The summed E-state index contributed by atoms with van der Waals surface area (Å²) in [7, 11) is 0. The summed E-state index contributed by atoms with van der Waals surface area (Å²) in [6, 6.07) is 0. The number of aromatic nitrogens is 3. The molecule has 0 bridgehead atoms. The molecule has 0 spiro atoms. The van der Waals surface area contributed by atoms with Gasteiger partial charge in [0.15, 0.2) is 0 Å². The van der Waals surface area contributed by atoms with Crippen LogP contribution in [0.25, 0.3) is 0 Å². The molecule has 15 heavy (non-hydrogen) atoms. The third-order valence-corrected chi connectivity index (χ3v) is 2.57. The number of thioether (sulfide) groups is 1. The summed E-state index contributed by atoms with van der Waals surface area (Å²) in [5.41, 5.74) is 0.0436. The van der Waals surface area contributed by atoms with Crippen molar-refractivity contribution in [1.82, 2.24) is 14.9 Å². The minimum Gasteiger partial charge on any atom is -0.334 e. The van der Waals surface area contributed by atoms with E-state index >= 15 is 0 Å². The lowest BCUT2D eigenvalue weighted by atomic mass is 10.1. The standard InChI is InChI=1S/C9H12N4OS/c1-4-5-15-9-12-11-7(6(2)3)8(14)13(9)10/h1,6H,5,10H2,2-3H3. The smallest absolute Gasteiger partial charge is 0.294 e. The molecular weight excluding hydrogens is 212 g/mol. The maximum absolute atomic E-state index is 11.7. The molecule has 80 valence electrons. The SMILES string of the molecule is C#CCSc1nnc(C(C)C)c(=O)n1N. The van der Waals surface area contributed by atoms with Crippen molar-refractivity contribution in [2.24, 2.45) is 0 Å². The van der Waals surface area contributed by atoms with Crippen molar-refractivity contribution in [1.29, 1.82) is 0 Å². The molecule has 0 saturated heterocycles. The van der Waals surface area contributed by atoms with Crippen molar-refractivity contribution in [3.05, 3.63) is 16.0 Å². The van der Waals surface area contributed by atoms with Crippen LogP contribution in [-0.2, 0) is 0 Å². The van der Waals surface area contributed by atoms with E-state index in [1.165, 1.54) is 11.8 Å². The molecule has 0 aliphatic heterocycles. The molecule has 0 aliphatic carbocycles. The lowest BCUT2D eigenvalue weighted by Gasteiger charge is -2.07. The second-order valence-electron chi connectivity index (χ2n) is 3.19. The lowest BCUT2D eigenvalue weighted by Crippen LogP contribution is -2.34. The zero-order valence-electron chi connectivity index (χ0n) is 8.60. The normalized spacial score (nSPS) is 10.3. The number of hydrogen-bond acceptors (Lipinski definition) is 5. The number of nitrogens with zero attached hydrogens (tertiary/aromatic N) is 3. The Kier molecular flexibility index (Phi) is 3.74. The molecule has 5 nitrogen and oxygen atoms in total. The van der Waals surface area contributed by atoms with Gasteiger partial charge in [0.05, 0.1) is 5.75 Å². The number of nitrogens with two attached hydrogens (primary N) is 1. The van der Waals surface area contributed by atoms with E-state index in [0.717, 1.165) is 4.68 Å². The summed E-state index contributed by atoms with van der Waals surface area (Å²) in [5, 5.41) is 8.03. The van der Waals surface area contributed by atoms with Crippen molar-refractivity contribution < 1.29 is 0 Å². The molecule has 2 N–H and O–H groups in total. The van der Waals surface area contributed by atoms with Crippen LogP contribution in [-0.4, -0.2) is 20.6 Å². The fourth-order valence-electron chi connectivity index (χ4n) is 0.965. The zero-order chi connectivity index (χ0) is 11.4. The highest BCUT2D eigenvalue weighted by molar-refractivity contribution is 7.99. The first kappa shape index (κ1) is 11.6. The molecule has 1 aromatic rings. The average Bonchev–Trinajstić information content (AvgIpc) is 2.20. The molecule has 0 amide bonds. The van der Waals surface area contributed by atoms with Gasteiger partial charge in [0, 0.05) is 5.92 Å². The maximum atomic E-state index is 11.7. The Morgan fingerprint density at radius 3 is 2.80 bits per heavy atom. The molecule has 0 aliphatic rings. The molecule has 1 rings (SSSR count). The number of terminal acetylenes is 1. The molecule has 1 aromatic heterocycles. The van der Waals surface area contributed by atoms with E-state index in [0.29, 0.717) is 16.6 Å². The summed E-state index contributed by atoms with van der Waals surface area (Å²) in [4.78, 5) is 11.7. The second-order valence-corrected chi connectivity index (χ2v) is 4.13. The lowest BCUT2D eigenvalue weighted by molar-refractivity contribution is 0.639. The number of rotatable bonds is 3. The van der Waals surface area contributed by atoms with Crippen LogP contribution < -0.4 is 11.4 Å². The minimum absolute atomic E-state index is 0.00600. The minimum atomic E-state index is -0.320. The van der Waals surface area contributed by atoms with Gasteiger partial charge in [-0.3, -0.25) is 4.79 Å². The average molecular weight is 224 g/mol. The van der Waals surface area contributed by atoms with E-state index in [2.05, 4.69) is 16.1 Å². The van der Waals surface area contributed by atoms with Crippen molar-refractivity contribution in [2.45, 2.75) is 24.9 Å². The van der Waals surface area contributed by atoms with Gasteiger partial charge in [-0.2, -0.15) is 4.68 Å². The molecule has 0 atom stereocenters. The largest absolute Gasteiger partial charge is 0.334 e. The Labute approximate surface area is 92.1 Å². The first-order valence-corrected chi connectivity index (χ1v) is 5.37. The highest BCUT2D eigenvalue weighted by Gasteiger charge is 2.12. The molecular formula is C9H12N4OS. The van der Waals surface area contributed by atoms with Crippen LogP contribution in [0.2, 0.25) is 0 Å². The van der Waals surface area contributed by atoms with E-state index < -0.39 is 0 Å².